The number of benzene rings is 1. The molecule has 0 atom stereocenters. The SMILES string of the molecule is CCNCCCNCc1cccc(C)c1Br. The van der Waals surface area contributed by atoms with E-state index in [0.717, 1.165) is 26.2 Å². The molecule has 0 fully saturated rings. The number of aryl methyl sites for hydroxylation is 1. The third-order valence-corrected chi connectivity index (χ3v) is 3.68. The lowest BCUT2D eigenvalue weighted by atomic mass is 10.1. The fraction of sp³-hybridized carbons (Fsp3) is 0.538. The monoisotopic (exact) mass is 284 g/mol. The molecule has 0 aromatic heterocycles. The molecule has 0 amide bonds. The largest absolute Gasteiger partial charge is 0.317 e. The Morgan fingerprint density at radius 1 is 1.19 bits per heavy atom. The topological polar surface area (TPSA) is 24.1 Å². The van der Waals surface area contributed by atoms with E-state index in [-0.39, 0.29) is 0 Å². The van der Waals surface area contributed by atoms with Gasteiger partial charge in [-0.1, -0.05) is 41.1 Å². The van der Waals surface area contributed by atoms with Crippen LogP contribution < -0.4 is 10.6 Å². The van der Waals surface area contributed by atoms with Gasteiger partial charge in [0.15, 0.2) is 0 Å². The minimum atomic E-state index is 0.939. The summed E-state index contributed by atoms with van der Waals surface area (Å²) >= 11 is 3.62. The summed E-state index contributed by atoms with van der Waals surface area (Å²) < 4.78 is 1.23. The van der Waals surface area contributed by atoms with Gasteiger partial charge in [0.2, 0.25) is 0 Å². The van der Waals surface area contributed by atoms with Gasteiger partial charge < -0.3 is 10.6 Å². The van der Waals surface area contributed by atoms with E-state index >= 15 is 0 Å². The second-order valence-corrected chi connectivity index (χ2v) is 4.72. The summed E-state index contributed by atoms with van der Waals surface area (Å²) in [6, 6.07) is 6.39. The highest BCUT2D eigenvalue weighted by Crippen LogP contribution is 2.20. The molecule has 0 aliphatic rings. The Hall–Kier alpha value is -0.380. The first kappa shape index (κ1) is 13.7. The van der Waals surface area contributed by atoms with Crippen LogP contribution in [0.1, 0.15) is 24.5 Å². The maximum absolute atomic E-state index is 3.62. The molecule has 0 aliphatic carbocycles. The van der Waals surface area contributed by atoms with Crippen molar-refractivity contribution in [3.05, 3.63) is 33.8 Å². The van der Waals surface area contributed by atoms with Crippen molar-refractivity contribution < 1.29 is 0 Å². The van der Waals surface area contributed by atoms with Crippen LogP contribution in [0.3, 0.4) is 0 Å². The van der Waals surface area contributed by atoms with Crippen LogP contribution in [0.5, 0.6) is 0 Å². The van der Waals surface area contributed by atoms with Crippen LogP contribution >= 0.6 is 15.9 Å². The molecule has 2 N–H and O–H groups in total. The summed E-state index contributed by atoms with van der Waals surface area (Å²) in [5.74, 6) is 0. The lowest BCUT2D eigenvalue weighted by molar-refractivity contribution is 0.605. The highest BCUT2D eigenvalue weighted by molar-refractivity contribution is 9.10. The minimum absolute atomic E-state index is 0.939. The lowest BCUT2D eigenvalue weighted by Gasteiger charge is -2.08. The van der Waals surface area contributed by atoms with Crippen LogP contribution in [0.4, 0.5) is 0 Å². The van der Waals surface area contributed by atoms with E-state index in [2.05, 4.69) is 58.6 Å². The molecule has 1 aromatic carbocycles. The molecule has 2 nitrogen and oxygen atoms in total. The zero-order valence-corrected chi connectivity index (χ0v) is 11.7. The van der Waals surface area contributed by atoms with E-state index in [1.165, 1.54) is 22.0 Å². The predicted molar refractivity (Wildman–Crippen MR) is 73.7 cm³/mol. The number of rotatable bonds is 7. The Morgan fingerprint density at radius 3 is 2.69 bits per heavy atom. The van der Waals surface area contributed by atoms with Crippen LogP contribution in [-0.2, 0) is 6.54 Å². The number of halogens is 1. The average molecular weight is 285 g/mol. The van der Waals surface area contributed by atoms with Crippen molar-refractivity contribution in [1.82, 2.24) is 10.6 Å². The van der Waals surface area contributed by atoms with Crippen LogP contribution in [0.25, 0.3) is 0 Å². The number of nitrogens with one attached hydrogen (secondary N) is 2. The van der Waals surface area contributed by atoms with Crippen molar-refractivity contribution in [3.8, 4) is 0 Å². The van der Waals surface area contributed by atoms with Crippen molar-refractivity contribution in [2.75, 3.05) is 19.6 Å². The molecule has 1 aromatic rings. The Morgan fingerprint density at radius 2 is 1.94 bits per heavy atom. The fourth-order valence-corrected chi connectivity index (χ4v) is 1.99. The average Bonchev–Trinajstić information content (AvgIpc) is 2.29. The fourth-order valence-electron chi connectivity index (χ4n) is 1.58. The summed E-state index contributed by atoms with van der Waals surface area (Å²) in [7, 11) is 0. The Labute approximate surface area is 107 Å². The summed E-state index contributed by atoms with van der Waals surface area (Å²) in [4.78, 5) is 0. The third-order valence-electron chi connectivity index (χ3n) is 2.54. The van der Waals surface area contributed by atoms with Gasteiger partial charge in [-0.2, -0.15) is 0 Å². The van der Waals surface area contributed by atoms with E-state index in [1.54, 1.807) is 0 Å². The molecule has 0 saturated heterocycles. The number of hydrogen-bond donors (Lipinski definition) is 2. The Balaban J connectivity index is 2.24. The van der Waals surface area contributed by atoms with Crippen LogP contribution in [-0.4, -0.2) is 19.6 Å². The molecule has 0 bridgehead atoms. The predicted octanol–water partition coefficient (Wildman–Crippen LogP) is 2.85. The van der Waals surface area contributed by atoms with E-state index in [0.29, 0.717) is 0 Å². The minimum Gasteiger partial charge on any atom is -0.317 e. The molecule has 0 heterocycles. The first-order chi connectivity index (χ1) is 7.75. The lowest BCUT2D eigenvalue weighted by Crippen LogP contribution is -2.21. The van der Waals surface area contributed by atoms with Gasteiger partial charge in [0, 0.05) is 11.0 Å². The van der Waals surface area contributed by atoms with E-state index in [1.807, 2.05) is 0 Å². The van der Waals surface area contributed by atoms with Gasteiger partial charge in [0.05, 0.1) is 0 Å². The third kappa shape index (κ3) is 4.64. The van der Waals surface area contributed by atoms with Crippen LogP contribution in [0, 0.1) is 6.92 Å². The van der Waals surface area contributed by atoms with Gasteiger partial charge >= 0.3 is 0 Å². The highest BCUT2D eigenvalue weighted by Gasteiger charge is 2.00. The van der Waals surface area contributed by atoms with Gasteiger partial charge in [0.25, 0.3) is 0 Å². The van der Waals surface area contributed by atoms with Gasteiger partial charge in [0.1, 0.15) is 0 Å². The normalized spacial score (nSPS) is 10.7. The van der Waals surface area contributed by atoms with Crippen LogP contribution in [0.2, 0.25) is 0 Å². The van der Waals surface area contributed by atoms with Crippen LogP contribution in [0.15, 0.2) is 22.7 Å². The molecule has 16 heavy (non-hydrogen) atoms. The molecule has 0 spiro atoms. The zero-order chi connectivity index (χ0) is 11.8. The molecule has 90 valence electrons. The summed E-state index contributed by atoms with van der Waals surface area (Å²) in [5, 5.41) is 6.78. The molecule has 3 heteroatoms. The highest BCUT2D eigenvalue weighted by atomic mass is 79.9. The zero-order valence-electron chi connectivity index (χ0n) is 10.1. The maximum atomic E-state index is 3.62. The standard InChI is InChI=1S/C13H21BrN2/c1-3-15-8-5-9-16-10-12-7-4-6-11(2)13(12)14/h4,6-7,15-16H,3,5,8-10H2,1-2H3. The number of hydrogen-bond acceptors (Lipinski definition) is 2. The van der Waals surface area contributed by atoms with Crippen molar-refractivity contribution >= 4 is 15.9 Å². The van der Waals surface area contributed by atoms with Gasteiger partial charge in [-0.15, -0.1) is 0 Å². The van der Waals surface area contributed by atoms with Crippen molar-refractivity contribution in [2.45, 2.75) is 26.8 Å². The molecule has 0 saturated carbocycles. The molecule has 1 rings (SSSR count). The van der Waals surface area contributed by atoms with E-state index < -0.39 is 0 Å². The molecule has 0 unspecified atom stereocenters. The second-order valence-electron chi connectivity index (χ2n) is 3.93. The summed E-state index contributed by atoms with van der Waals surface area (Å²) in [5.41, 5.74) is 2.63. The first-order valence-corrected chi connectivity index (χ1v) is 6.70. The molecule has 0 aliphatic heterocycles. The quantitative estimate of drug-likeness (QED) is 0.753. The summed E-state index contributed by atoms with van der Waals surface area (Å²) in [6.45, 7) is 8.42. The Kier molecular flexibility index (Phi) is 6.69. The van der Waals surface area contributed by atoms with Gasteiger partial charge in [-0.05, 0) is 44.1 Å². The second kappa shape index (κ2) is 7.82. The van der Waals surface area contributed by atoms with Crippen molar-refractivity contribution in [1.29, 1.82) is 0 Å². The Bertz CT molecular complexity index is 313. The van der Waals surface area contributed by atoms with Crippen molar-refractivity contribution in [2.24, 2.45) is 0 Å². The van der Waals surface area contributed by atoms with Gasteiger partial charge in [-0.25, -0.2) is 0 Å². The summed E-state index contributed by atoms with van der Waals surface area (Å²) in [6.07, 6.45) is 1.18. The molecule has 0 radical (unpaired) electrons. The van der Waals surface area contributed by atoms with E-state index in [9.17, 15) is 0 Å². The first-order valence-electron chi connectivity index (χ1n) is 5.91. The molecular formula is C13H21BrN2. The van der Waals surface area contributed by atoms with Crippen molar-refractivity contribution in [3.63, 3.8) is 0 Å². The van der Waals surface area contributed by atoms with E-state index in [4.69, 9.17) is 0 Å². The maximum Gasteiger partial charge on any atom is 0.0249 e. The van der Waals surface area contributed by atoms with Gasteiger partial charge in [-0.3, -0.25) is 0 Å². The smallest absolute Gasteiger partial charge is 0.0249 e. The molecular weight excluding hydrogens is 264 g/mol.